The first kappa shape index (κ1) is 21.4. The van der Waals surface area contributed by atoms with Crippen LogP contribution in [0.2, 0.25) is 0 Å². The maximum Gasteiger partial charge on any atom is 0.162 e. The van der Waals surface area contributed by atoms with Crippen LogP contribution in [-0.2, 0) is 16.1 Å². The Morgan fingerprint density at radius 2 is 2.09 bits per heavy atom. The zero-order chi connectivity index (χ0) is 21.9. The minimum atomic E-state index is -0.595. The minimum absolute atomic E-state index is 0.0860. The summed E-state index contributed by atoms with van der Waals surface area (Å²) in [5.74, 6) is 0.919. The van der Waals surface area contributed by atoms with E-state index in [1.54, 1.807) is 13.3 Å². The first-order valence-corrected chi connectivity index (χ1v) is 11.9. The Bertz CT molecular complexity index is 1060. The summed E-state index contributed by atoms with van der Waals surface area (Å²) in [6.45, 7) is 5.36. The van der Waals surface area contributed by atoms with Gasteiger partial charge in [-0.1, -0.05) is 0 Å². The molecule has 0 saturated carbocycles. The Balaban J connectivity index is 1.35. The van der Waals surface area contributed by atoms with Crippen molar-refractivity contribution in [3.05, 3.63) is 34.3 Å². The zero-order valence-corrected chi connectivity index (χ0v) is 19.0. The third kappa shape index (κ3) is 4.40. The molecule has 2 aliphatic heterocycles. The average molecular weight is 457 g/mol. The van der Waals surface area contributed by atoms with E-state index in [4.69, 9.17) is 9.47 Å². The second-order valence-corrected chi connectivity index (χ2v) is 9.45. The molecule has 3 aromatic rings. The van der Waals surface area contributed by atoms with Gasteiger partial charge in [-0.3, -0.25) is 0 Å². The molecule has 1 N–H and O–H groups in total. The number of hydrogen-bond acceptors (Lipinski definition) is 10. The van der Waals surface area contributed by atoms with E-state index in [9.17, 15) is 5.11 Å². The molecular formula is C22H28N6O3S. The second-order valence-electron chi connectivity index (χ2n) is 8.30. The number of benzene rings is 1. The van der Waals surface area contributed by atoms with Crippen LogP contribution in [-0.4, -0.2) is 72.0 Å². The molecule has 0 aliphatic carbocycles. The minimum Gasteiger partial charge on any atom is -0.386 e. The van der Waals surface area contributed by atoms with Gasteiger partial charge in [-0.15, -0.1) is 21.5 Å². The lowest BCUT2D eigenvalue weighted by atomic mass is 9.92. The molecule has 0 spiro atoms. The Hall–Kier alpha value is -2.40. The number of anilines is 2. The molecule has 2 unspecified atom stereocenters. The van der Waals surface area contributed by atoms with E-state index in [1.165, 1.54) is 11.3 Å². The fraction of sp³-hybridized carbons (Fsp3) is 0.545. The van der Waals surface area contributed by atoms with E-state index in [0.29, 0.717) is 13.2 Å². The lowest BCUT2D eigenvalue weighted by Crippen LogP contribution is -2.38. The first-order chi connectivity index (χ1) is 15.7. The van der Waals surface area contributed by atoms with Crippen molar-refractivity contribution in [3.8, 4) is 0 Å². The first-order valence-electron chi connectivity index (χ1n) is 11.1. The number of aromatic nitrogens is 4. The van der Waals surface area contributed by atoms with Crippen molar-refractivity contribution in [1.29, 1.82) is 0 Å². The van der Waals surface area contributed by atoms with E-state index in [2.05, 4.69) is 48.4 Å². The number of ether oxygens (including phenoxy) is 2. The summed E-state index contributed by atoms with van der Waals surface area (Å²) in [4.78, 5) is 9.99. The maximum atomic E-state index is 11.0. The summed E-state index contributed by atoms with van der Waals surface area (Å²) < 4.78 is 10.6. The number of rotatable bonds is 6. The van der Waals surface area contributed by atoms with Gasteiger partial charge in [-0.25, -0.2) is 4.98 Å². The maximum absolute atomic E-state index is 11.0. The van der Waals surface area contributed by atoms with E-state index in [-0.39, 0.29) is 5.92 Å². The van der Waals surface area contributed by atoms with Gasteiger partial charge in [0.25, 0.3) is 0 Å². The van der Waals surface area contributed by atoms with Gasteiger partial charge in [0.2, 0.25) is 0 Å². The smallest absolute Gasteiger partial charge is 0.162 e. The van der Waals surface area contributed by atoms with Crippen molar-refractivity contribution < 1.29 is 14.6 Å². The SMILES string of the molecule is COCc1cnc(C(O)C2CCCN(c3nnnc4cc(N5CCOCC5)ccc34)C2)s1. The van der Waals surface area contributed by atoms with E-state index in [1.807, 2.05) is 0 Å². The average Bonchev–Trinajstić information content (AvgIpc) is 3.32. The molecule has 0 amide bonds. The zero-order valence-electron chi connectivity index (χ0n) is 18.2. The molecule has 2 fully saturated rings. The number of fused-ring (bicyclic) bond motifs is 1. The predicted molar refractivity (Wildman–Crippen MR) is 123 cm³/mol. The number of nitrogens with zero attached hydrogens (tertiary/aromatic N) is 6. The summed E-state index contributed by atoms with van der Waals surface area (Å²) >= 11 is 1.52. The normalized spacial score (nSPS) is 20.6. The summed E-state index contributed by atoms with van der Waals surface area (Å²) in [7, 11) is 1.67. The van der Waals surface area contributed by atoms with Crippen molar-refractivity contribution in [3.63, 3.8) is 0 Å². The highest BCUT2D eigenvalue weighted by Crippen LogP contribution is 2.35. The topological polar surface area (TPSA) is 96.7 Å². The number of aliphatic hydroxyl groups is 1. The molecule has 10 heteroatoms. The predicted octanol–water partition coefficient (Wildman–Crippen LogP) is 2.41. The van der Waals surface area contributed by atoms with Crippen molar-refractivity contribution in [1.82, 2.24) is 20.4 Å². The lowest BCUT2D eigenvalue weighted by molar-refractivity contribution is 0.0977. The molecule has 2 atom stereocenters. The van der Waals surface area contributed by atoms with E-state index in [0.717, 1.165) is 78.0 Å². The number of thiazole rings is 1. The van der Waals surface area contributed by atoms with Gasteiger partial charge in [-0.05, 0) is 36.3 Å². The third-order valence-corrected chi connectivity index (χ3v) is 7.25. The third-order valence-electron chi connectivity index (χ3n) is 6.21. The molecule has 2 aromatic heterocycles. The van der Waals surface area contributed by atoms with Crippen LogP contribution in [0, 0.1) is 5.92 Å². The van der Waals surface area contributed by atoms with Crippen LogP contribution >= 0.6 is 11.3 Å². The highest BCUT2D eigenvalue weighted by atomic mass is 32.1. The summed E-state index contributed by atoms with van der Waals surface area (Å²) in [5.41, 5.74) is 1.97. The molecule has 0 radical (unpaired) electrons. The molecule has 4 heterocycles. The Morgan fingerprint density at radius 3 is 2.94 bits per heavy atom. The lowest BCUT2D eigenvalue weighted by Gasteiger charge is -2.35. The molecule has 9 nitrogen and oxygen atoms in total. The molecule has 2 aliphatic rings. The summed E-state index contributed by atoms with van der Waals surface area (Å²) in [5, 5.41) is 25.5. The highest BCUT2D eigenvalue weighted by Gasteiger charge is 2.30. The van der Waals surface area contributed by atoms with Gasteiger partial charge in [0.1, 0.15) is 16.6 Å². The van der Waals surface area contributed by atoms with Crippen LogP contribution in [0.1, 0.15) is 28.8 Å². The fourth-order valence-electron chi connectivity index (χ4n) is 4.54. The van der Waals surface area contributed by atoms with Crippen molar-refractivity contribution in [2.45, 2.75) is 25.6 Å². The van der Waals surface area contributed by atoms with Crippen molar-refractivity contribution in [2.24, 2.45) is 5.92 Å². The van der Waals surface area contributed by atoms with Crippen LogP contribution < -0.4 is 9.80 Å². The Labute approximate surface area is 191 Å². The largest absolute Gasteiger partial charge is 0.386 e. The van der Waals surface area contributed by atoms with E-state index < -0.39 is 6.10 Å². The van der Waals surface area contributed by atoms with Gasteiger partial charge in [0.05, 0.1) is 24.7 Å². The standard InChI is InChI=1S/C22H28N6O3S/c1-30-14-17-12-23-22(32-17)20(29)15-3-2-6-28(13-15)21-18-5-4-16(11-19(18)24-26-25-21)27-7-9-31-10-8-27/h4-5,11-12,15,20,29H,2-3,6-10,13-14H2,1H3. The fourth-order valence-corrected chi connectivity index (χ4v) is 5.51. The van der Waals surface area contributed by atoms with Crippen LogP contribution in [0.5, 0.6) is 0 Å². The van der Waals surface area contributed by atoms with E-state index >= 15 is 0 Å². The van der Waals surface area contributed by atoms with Gasteiger partial charge in [-0.2, -0.15) is 0 Å². The number of morpholine rings is 1. The van der Waals surface area contributed by atoms with Gasteiger partial charge in [0.15, 0.2) is 5.82 Å². The quantitative estimate of drug-likeness (QED) is 0.600. The monoisotopic (exact) mass is 456 g/mol. The molecule has 1 aromatic carbocycles. The van der Waals surface area contributed by atoms with Crippen LogP contribution in [0.3, 0.4) is 0 Å². The molecule has 32 heavy (non-hydrogen) atoms. The second kappa shape index (κ2) is 9.62. The van der Waals surface area contributed by atoms with Gasteiger partial charge in [0, 0.05) is 56.5 Å². The summed E-state index contributed by atoms with van der Waals surface area (Å²) in [6.07, 6.45) is 3.13. The number of aliphatic hydroxyl groups excluding tert-OH is 1. The molecule has 170 valence electrons. The van der Waals surface area contributed by atoms with Gasteiger partial charge >= 0.3 is 0 Å². The molecule has 0 bridgehead atoms. The molecule has 2 saturated heterocycles. The van der Waals surface area contributed by atoms with Crippen LogP contribution in [0.15, 0.2) is 24.4 Å². The van der Waals surface area contributed by atoms with Gasteiger partial charge < -0.3 is 24.4 Å². The Morgan fingerprint density at radius 1 is 1.22 bits per heavy atom. The summed E-state index contributed by atoms with van der Waals surface area (Å²) in [6, 6.07) is 6.31. The Kier molecular flexibility index (Phi) is 6.44. The highest BCUT2D eigenvalue weighted by molar-refractivity contribution is 7.11. The van der Waals surface area contributed by atoms with Crippen molar-refractivity contribution in [2.75, 3.05) is 56.3 Å². The molecule has 5 rings (SSSR count). The number of piperidine rings is 1. The van der Waals surface area contributed by atoms with Crippen LogP contribution in [0.25, 0.3) is 10.9 Å². The van der Waals surface area contributed by atoms with Crippen molar-refractivity contribution >= 4 is 33.7 Å². The number of methoxy groups -OCH3 is 1. The molecular weight excluding hydrogens is 428 g/mol. The number of hydrogen-bond donors (Lipinski definition) is 1. The van der Waals surface area contributed by atoms with Crippen LogP contribution in [0.4, 0.5) is 11.5 Å².